The molecule has 90 valence electrons. The number of amides is 2. The summed E-state index contributed by atoms with van der Waals surface area (Å²) in [5.74, 6) is 0.757. The Labute approximate surface area is 100.0 Å². The monoisotopic (exact) mass is 233 g/mol. The van der Waals surface area contributed by atoms with Gasteiger partial charge in [-0.05, 0) is 42.3 Å². The highest BCUT2D eigenvalue weighted by molar-refractivity contribution is 5.81. The minimum absolute atomic E-state index is 0.497. The smallest absolute Gasteiger partial charge is 0.332 e. The van der Waals surface area contributed by atoms with Crippen molar-refractivity contribution in [1.82, 2.24) is 5.43 Å². The molecule has 0 aliphatic rings. The molecule has 5 heteroatoms. The van der Waals surface area contributed by atoms with E-state index in [2.05, 4.69) is 17.1 Å². The summed E-state index contributed by atoms with van der Waals surface area (Å²) in [6.45, 7) is 6.14. The second-order valence-electron chi connectivity index (χ2n) is 3.55. The first-order valence-corrected chi connectivity index (χ1v) is 5.03. The van der Waals surface area contributed by atoms with Crippen LogP contribution in [0, 0.1) is 0 Å². The molecule has 0 bridgehead atoms. The summed E-state index contributed by atoms with van der Waals surface area (Å²) in [5, 5.41) is 3.64. The maximum absolute atomic E-state index is 10.4. The number of carbonyl (C=O) groups excluding carboxylic acids is 1. The molecule has 0 aliphatic carbocycles. The fourth-order valence-corrected chi connectivity index (χ4v) is 1.03. The highest BCUT2D eigenvalue weighted by Crippen LogP contribution is 2.11. The Balaban J connectivity index is 2.52. The Morgan fingerprint density at radius 3 is 2.71 bits per heavy atom. The number of nitrogens with zero attached hydrogens (tertiary/aromatic N) is 1. The van der Waals surface area contributed by atoms with Crippen LogP contribution >= 0.6 is 0 Å². The Morgan fingerprint density at radius 1 is 1.53 bits per heavy atom. The number of benzene rings is 1. The van der Waals surface area contributed by atoms with Crippen molar-refractivity contribution in [3.8, 4) is 5.75 Å². The number of nitrogens with one attached hydrogen (secondary N) is 1. The number of hydrazone groups is 1. The lowest BCUT2D eigenvalue weighted by molar-refractivity contribution is 0.249. The van der Waals surface area contributed by atoms with Crippen LogP contribution in [0.3, 0.4) is 0 Å². The third-order valence-corrected chi connectivity index (χ3v) is 1.75. The van der Waals surface area contributed by atoms with Gasteiger partial charge in [-0.2, -0.15) is 5.10 Å². The van der Waals surface area contributed by atoms with E-state index in [-0.39, 0.29) is 0 Å². The van der Waals surface area contributed by atoms with Gasteiger partial charge in [0.05, 0.1) is 6.21 Å². The van der Waals surface area contributed by atoms with Crippen molar-refractivity contribution in [3.05, 3.63) is 42.0 Å². The van der Waals surface area contributed by atoms with Crippen molar-refractivity contribution in [2.75, 3.05) is 6.61 Å². The van der Waals surface area contributed by atoms with Gasteiger partial charge in [-0.1, -0.05) is 6.58 Å². The molecule has 0 spiro atoms. The van der Waals surface area contributed by atoms with E-state index in [1.54, 1.807) is 0 Å². The summed E-state index contributed by atoms with van der Waals surface area (Å²) >= 11 is 0. The molecule has 5 nitrogen and oxygen atoms in total. The van der Waals surface area contributed by atoms with E-state index in [1.807, 2.05) is 31.2 Å². The minimum Gasteiger partial charge on any atom is -0.489 e. The van der Waals surface area contributed by atoms with Crippen molar-refractivity contribution < 1.29 is 9.53 Å². The Bertz CT molecular complexity index is 424. The molecular weight excluding hydrogens is 218 g/mol. The van der Waals surface area contributed by atoms with Crippen molar-refractivity contribution in [2.24, 2.45) is 10.8 Å². The second kappa shape index (κ2) is 6.32. The van der Waals surface area contributed by atoms with Gasteiger partial charge in [-0.3, -0.25) is 0 Å². The third kappa shape index (κ3) is 5.36. The van der Waals surface area contributed by atoms with Gasteiger partial charge < -0.3 is 10.5 Å². The van der Waals surface area contributed by atoms with E-state index in [1.165, 1.54) is 6.21 Å². The van der Waals surface area contributed by atoms with Crippen LogP contribution in [-0.2, 0) is 0 Å². The summed E-state index contributed by atoms with van der Waals surface area (Å²) in [6, 6.07) is 6.57. The number of hydrogen-bond donors (Lipinski definition) is 2. The van der Waals surface area contributed by atoms with E-state index in [4.69, 9.17) is 10.5 Å². The van der Waals surface area contributed by atoms with Gasteiger partial charge in [0.1, 0.15) is 12.4 Å². The molecule has 0 radical (unpaired) electrons. The zero-order valence-electron chi connectivity index (χ0n) is 9.64. The van der Waals surface area contributed by atoms with E-state index >= 15 is 0 Å². The van der Waals surface area contributed by atoms with E-state index in [0.29, 0.717) is 6.61 Å². The van der Waals surface area contributed by atoms with Gasteiger partial charge in [-0.15, -0.1) is 0 Å². The molecule has 0 saturated carbocycles. The van der Waals surface area contributed by atoms with Gasteiger partial charge in [0.2, 0.25) is 0 Å². The summed E-state index contributed by atoms with van der Waals surface area (Å²) in [5.41, 5.74) is 8.76. The van der Waals surface area contributed by atoms with Crippen LogP contribution in [0.1, 0.15) is 12.5 Å². The molecule has 17 heavy (non-hydrogen) atoms. The second-order valence-corrected chi connectivity index (χ2v) is 3.55. The third-order valence-electron chi connectivity index (χ3n) is 1.75. The first kappa shape index (κ1) is 12.8. The van der Waals surface area contributed by atoms with Crippen molar-refractivity contribution in [1.29, 1.82) is 0 Å². The molecule has 0 saturated heterocycles. The van der Waals surface area contributed by atoms with Gasteiger partial charge in [0.15, 0.2) is 0 Å². The standard InChI is InChI=1S/C12H15N3O2/c1-9(2)8-17-11-5-3-10(4-6-11)7-14-15-12(13)16/h3-7H,1,8H2,2H3,(H3,13,15,16). The lowest BCUT2D eigenvalue weighted by Crippen LogP contribution is -2.24. The van der Waals surface area contributed by atoms with Crippen LogP contribution in [0.5, 0.6) is 5.75 Å². The quantitative estimate of drug-likeness (QED) is 0.461. The molecule has 0 fully saturated rings. The summed E-state index contributed by atoms with van der Waals surface area (Å²) < 4.78 is 5.43. The van der Waals surface area contributed by atoms with E-state index in [9.17, 15) is 4.79 Å². The molecule has 3 N–H and O–H groups in total. The molecule has 1 rings (SSSR count). The Hall–Kier alpha value is -2.30. The molecule has 1 aromatic rings. The zero-order chi connectivity index (χ0) is 12.7. The van der Waals surface area contributed by atoms with Gasteiger partial charge in [0, 0.05) is 0 Å². The fraction of sp³-hybridized carbons (Fsp3) is 0.167. The predicted octanol–water partition coefficient (Wildman–Crippen LogP) is 1.64. The number of hydrogen-bond acceptors (Lipinski definition) is 3. The average molecular weight is 233 g/mol. The van der Waals surface area contributed by atoms with E-state index < -0.39 is 6.03 Å². The lowest BCUT2D eigenvalue weighted by atomic mass is 10.2. The van der Waals surface area contributed by atoms with Crippen LogP contribution in [0.2, 0.25) is 0 Å². The molecule has 1 aromatic carbocycles. The minimum atomic E-state index is -0.692. The van der Waals surface area contributed by atoms with Crippen molar-refractivity contribution in [3.63, 3.8) is 0 Å². The first-order valence-electron chi connectivity index (χ1n) is 5.03. The molecule has 2 amide bonds. The van der Waals surface area contributed by atoms with Crippen molar-refractivity contribution >= 4 is 12.2 Å². The number of urea groups is 1. The van der Waals surface area contributed by atoms with Gasteiger partial charge >= 0.3 is 6.03 Å². The van der Waals surface area contributed by atoms with Crippen LogP contribution in [0.25, 0.3) is 0 Å². The largest absolute Gasteiger partial charge is 0.489 e. The average Bonchev–Trinajstić information content (AvgIpc) is 2.27. The fourth-order valence-electron chi connectivity index (χ4n) is 1.03. The highest BCUT2D eigenvalue weighted by Gasteiger charge is 1.94. The van der Waals surface area contributed by atoms with E-state index in [0.717, 1.165) is 16.9 Å². The topological polar surface area (TPSA) is 76.7 Å². The van der Waals surface area contributed by atoms with Gasteiger partial charge in [-0.25, -0.2) is 10.2 Å². The molecular formula is C12H15N3O2. The normalized spacial score (nSPS) is 10.2. The molecule has 0 aromatic heterocycles. The van der Waals surface area contributed by atoms with Gasteiger partial charge in [0.25, 0.3) is 0 Å². The molecule has 0 aliphatic heterocycles. The SMILES string of the molecule is C=C(C)COc1ccc(C=NNC(N)=O)cc1. The summed E-state index contributed by atoms with van der Waals surface area (Å²) in [7, 11) is 0. The van der Waals surface area contributed by atoms with Crippen LogP contribution < -0.4 is 15.9 Å². The predicted molar refractivity (Wildman–Crippen MR) is 67.1 cm³/mol. The molecule has 0 atom stereocenters. The Morgan fingerprint density at radius 2 is 2.18 bits per heavy atom. The number of nitrogens with two attached hydrogens (primary N) is 1. The number of rotatable bonds is 5. The first-order chi connectivity index (χ1) is 8.08. The maximum atomic E-state index is 10.4. The van der Waals surface area contributed by atoms with Crippen molar-refractivity contribution in [2.45, 2.75) is 6.92 Å². The number of carbonyl (C=O) groups is 1. The van der Waals surface area contributed by atoms with Crippen LogP contribution in [0.4, 0.5) is 4.79 Å². The summed E-state index contributed by atoms with van der Waals surface area (Å²) in [4.78, 5) is 10.4. The maximum Gasteiger partial charge on any atom is 0.332 e. The molecule has 0 unspecified atom stereocenters. The number of primary amides is 1. The lowest BCUT2D eigenvalue weighted by Gasteiger charge is -2.05. The zero-order valence-corrected chi connectivity index (χ0v) is 9.64. The Kier molecular flexibility index (Phi) is 4.75. The number of ether oxygens (including phenoxy) is 1. The highest BCUT2D eigenvalue weighted by atomic mass is 16.5. The molecule has 0 heterocycles. The van der Waals surface area contributed by atoms with Crippen LogP contribution in [-0.4, -0.2) is 18.9 Å². The summed E-state index contributed by atoms with van der Waals surface area (Å²) in [6.07, 6.45) is 1.49. The van der Waals surface area contributed by atoms with Crippen LogP contribution in [0.15, 0.2) is 41.5 Å².